The van der Waals surface area contributed by atoms with E-state index < -0.39 is 16.1 Å². The maximum absolute atomic E-state index is 14.1. The van der Waals surface area contributed by atoms with E-state index in [9.17, 15) is 18.3 Å². The van der Waals surface area contributed by atoms with E-state index in [0.29, 0.717) is 31.2 Å². The third-order valence-electron chi connectivity index (χ3n) is 7.22. The predicted octanol–water partition coefficient (Wildman–Crippen LogP) is 3.85. The summed E-state index contributed by atoms with van der Waals surface area (Å²) in [5.41, 5.74) is 0.449. The fourth-order valence-electron chi connectivity index (χ4n) is 4.78. The van der Waals surface area contributed by atoms with E-state index in [1.165, 1.54) is 25.3 Å². The third kappa shape index (κ3) is 9.06. The lowest BCUT2D eigenvalue weighted by molar-refractivity contribution is -0.0137. The van der Waals surface area contributed by atoms with E-state index in [0.717, 1.165) is 19.3 Å². The van der Waals surface area contributed by atoms with E-state index in [1.807, 2.05) is 27.9 Å². The highest BCUT2D eigenvalue weighted by Crippen LogP contribution is 2.29. The molecule has 228 valence electrons. The fourth-order valence-corrected chi connectivity index (χ4v) is 5.83. The minimum Gasteiger partial charge on any atom is -0.497 e. The number of carbonyl (C=O) groups excluding carboxylic acids is 1. The second-order valence-corrected chi connectivity index (χ2v) is 12.7. The zero-order valence-corrected chi connectivity index (χ0v) is 25.8. The average molecular weight is 592 g/mol. The molecule has 0 aromatic heterocycles. The molecule has 0 bridgehead atoms. The molecule has 1 heterocycles. The Bertz CT molecular complexity index is 1240. The molecule has 2 aromatic rings. The lowest BCUT2D eigenvalue weighted by Crippen LogP contribution is -2.47. The number of likely N-dealkylation sites (N-methyl/N-ethyl adjacent to an activating group) is 1. The Morgan fingerprint density at radius 1 is 1.15 bits per heavy atom. The highest BCUT2D eigenvalue weighted by atomic mass is 32.2. The van der Waals surface area contributed by atoms with Gasteiger partial charge in [0.25, 0.3) is 15.9 Å². The third-order valence-corrected chi connectivity index (χ3v) is 8.62. The van der Waals surface area contributed by atoms with Gasteiger partial charge in [0.2, 0.25) is 0 Å². The van der Waals surface area contributed by atoms with Gasteiger partial charge in [0.1, 0.15) is 11.5 Å². The largest absolute Gasteiger partial charge is 0.497 e. The van der Waals surface area contributed by atoms with Crippen LogP contribution in [0.2, 0.25) is 0 Å². The van der Waals surface area contributed by atoms with Gasteiger partial charge in [0.05, 0.1) is 42.4 Å². The number of nitrogens with zero attached hydrogens (tertiary/aromatic N) is 2. The van der Waals surface area contributed by atoms with Crippen LogP contribution < -0.4 is 14.2 Å². The zero-order valence-electron chi connectivity index (χ0n) is 25.0. The van der Waals surface area contributed by atoms with E-state index >= 15 is 0 Å². The molecule has 0 radical (unpaired) electrons. The summed E-state index contributed by atoms with van der Waals surface area (Å²) in [6.07, 6.45) is 2.28. The number of sulfonamides is 1. The van der Waals surface area contributed by atoms with E-state index in [4.69, 9.17) is 14.2 Å². The Labute approximate surface area is 244 Å². The molecule has 0 saturated carbocycles. The number of hydrogen-bond acceptors (Lipinski definition) is 8. The lowest BCUT2D eigenvalue weighted by atomic mass is 10.0. The van der Waals surface area contributed by atoms with Crippen LogP contribution in [0.4, 0.5) is 5.69 Å². The molecule has 2 N–H and O–H groups in total. The fraction of sp³-hybridized carbons (Fsp3) is 0.567. The second kappa shape index (κ2) is 14.9. The van der Waals surface area contributed by atoms with Gasteiger partial charge in [-0.3, -0.25) is 9.52 Å². The maximum Gasteiger partial charge on any atom is 0.261 e. The molecule has 0 spiro atoms. The Morgan fingerprint density at radius 3 is 2.49 bits per heavy atom. The maximum atomic E-state index is 14.1. The van der Waals surface area contributed by atoms with Crippen molar-refractivity contribution in [2.75, 3.05) is 52.2 Å². The number of aliphatic hydroxyl groups excluding tert-OH is 1. The van der Waals surface area contributed by atoms with Crippen molar-refractivity contribution in [3.8, 4) is 11.5 Å². The summed E-state index contributed by atoms with van der Waals surface area (Å²) in [5.74, 6) is 0.526. The molecular formula is C30H45N3O7S. The van der Waals surface area contributed by atoms with Crippen LogP contribution in [0.1, 0.15) is 50.4 Å². The van der Waals surface area contributed by atoms with Crippen LogP contribution >= 0.6 is 0 Å². The number of anilines is 1. The van der Waals surface area contributed by atoms with Gasteiger partial charge < -0.3 is 29.1 Å². The summed E-state index contributed by atoms with van der Waals surface area (Å²) >= 11 is 0. The number of aliphatic hydroxyl groups is 1. The number of nitrogens with one attached hydrogen (secondary N) is 1. The quantitative estimate of drug-likeness (QED) is 0.476. The van der Waals surface area contributed by atoms with Crippen molar-refractivity contribution in [3.63, 3.8) is 0 Å². The molecule has 10 nitrogen and oxygen atoms in total. The summed E-state index contributed by atoms with van der Waals surface area (Å²) in [5, 5.41) is 10.1. The van der Waals surface area contributed by atoms with Gasteiger partial charge in [-0.25, -0.2) is 8.42 Å². The van der Waals surface area contributed by atoms with Crippen LogP contribution in [-0.2, 0) is 14.8 Å². The van der Waals surface area contributed by atoms with Crippen molar-refractivity contribution in [3.05, 3.63) is 48.0 Å². The Balaban J connectivity index is 2.01. The number of amides is 1. The monoisotopic (exact) mass is 591 g/mol. The first-order chi connectivity index (χ1) is 19.4. The van der Waals surface area contributed by atoms with Crippen molar-refractivity contribution < 1.29 is 32.5 Å². The summed E-state index contributed by atoms with van der Waals surface area (Å²) in [6.45, 7) is 7.21. The SMILES string of the molecule is COc1ccc(S(=O)(=O)Nc2ccc3c(c2)C(=O)N([C@@H](C)CO)C[C@H](C)[C@H](CN(C)C)OCCCC[C@@H](C)O3)cc1. The number of carbonyl (C=O) groups is 1. The molecule has 41 heavy (non-hydrogen) atoms. The number of fused-ring (bicyclic) bond motifs is 1. The van der Waals surface area contributed by atoms with Gasteiger partial charge >= 0.3 is 0 Å². The first kappa shape index (κ1) is 32.7. The molecule has 0 unspecified atom stereocenters. The number of benzene rings is 2. The summed E-state index contributed by atoms with van der Waals surface area (Å²) in [7, 11) is 1.55. The minimum atomic E-state index is -3.94. The van der Waals surface area contributed by atoms with Crippen LogP contribution in [0.25, 0.3) is 0 Å². The molecule has 11 heteroatoms. The molecule has 0 fully saturated rings. The molecule has 2 aromatic carbocycles. The zero-order chi connectivity index (χ0) is 30.2. The Morgan fingerprint density at radius 2 is 1.85 bits per heavy atom. The van der Waals surface area contributed by atoms with Gasteiger partial charge in [-0.2, -0.15) is 0 Å². The number of hydrogen-bond donors (Lipinski definition) is 2. The molecule has 1 aliphatic heterocycles. The van der Waals surface area contributed by atoms with Crippen LogP contribution in [0.3, 0.4) is 0 Å². The molecule has 0 saturated heterocycles. The average Bonchev–Trinajstić information content (AvgIpc) is 2.94. The van der Waals surface area contributed by atoms with Crippen molar-refractivity contribution in [2.45, 2.75) is 63.2 Å². The highest BCUT2D eigenvalue weighted by Gasteiger charge is 2.30. The van der Waals surface area contributed by atoms with E-state index in [-0.39, 0.29) is 46.8 Å². The number of ether oxygens (including phenoxy) is 3. The van der Waals surface area contributed by atoms with Gasteiger partial charge in [-0.1, -0.05) is 6.92 Å². The second-order valence-electron chi connectivity index (χ2n) is 11.1. The summed E-state index contributed by atoms with van der Waals surface area (Å²) in [6, 6.07) is 10.3. The van der Waals surface area contributed by atoms with Gasteiger partial charge in [-0.15, -0.1) is 0 Å². The summed E-state index contributed by atoms with van der Waals surface area (Å²) < 4.78 is 46.5. The molecule has 0 aliphatic carbocycles. The van der Waals surface area contributed by atoms with Crippen LogP contribution in [0.15, 0.2) is 47.4 Å². The predicted molar refractivity (Wildman–Crippen MR) is 159 cm³/mol. The lowest BCUT2D eigenvalue weighted by Gasteiger charge is -2.35. The van der Waals surface area contributed by atoms with Crippen molar-refractivity contribution in [1.82, 2.24) is 9.80 Å². The Hall–Kier alpha value is -2.86. The molecule has 1 amide bonds. The Kier molecular flexibility index (Phi) is 11.8. The van der Waals surface area contributed by atoms with Gasteiger partial charge in [0, 0.05) is 31.3 Å². The summed E-state index contributed by atoms with van der Waals surface area (Å²) in [4.78, 5) is 17.9. The van der Waals surface area contributed by atoms with Crippen LogP contribution in [-0.4, -0.2) is 95.0 Å². The first-order valence-electron chi connectivity index (χ1n) is 14.1. The van der Waals surface area contributed by atoms with Crippen LogP contribution in [0, 0.1) is 5.92 Å². The van der Waals surface area contributed by atoms with Crippen molar-refractivity contribution in [1.29, 1.82) is 0 Å². The molecular weight excluding hydrogens is 546 g/mol. The van der Waals surface area contributed by atoms with Gasteiger partial charge in [-0.05, 0) is 89.7 Å². The van der Waals surface area contributed by atoms with Crippen LogP contribution in [0.5, 0.6) is 11.5 Å². The van der Waals surface area contributed by atoms with E-state index in [1.54, 1.807) is 36.1 Å². The molecule has 1 aliphatic rings. The van der Waals surface area contributed by atoms with Crippen molar-refractivity contribution in [2.24, 2.45) is 5.92 Å². The number of methoxy groups -OCH3 is 1. The minimum absolute atomic E-state index is 0.0293. The molecule has 4 atom stereocenters. The van der Waals surface area contributed by atoms with Gasteiger partial charge in [0.15, 0.2) is 0 Å². The topological polar surface area (TPSA) is 118 Å². The highest BCUT2D eigenvalue weighted by molar-refractivity contribution is 7.92. The normalized spacial score (nSPS) is 21.9. The smallest absolute Gasteiger partial charge is 0.261 e. The first-order valence-corrected chi connectivity index (χ1v) is 15.6. The molecule has 3 rings (SSSR count). The standard InChI is InChI=1S/C30H45N3O7S/c1-21-18-33(22(2)20-34)30(35)27-17-24(31-41(36,37)26-13-11-25(38-6)12-14-26)10-15-28(27)40-23(3)9-7-8-16-39-29(21)19-32(4)5/h10-15,17,21-23,29,31,34H,7-9,16,18-20H2,1-6H3/t21-,22-,23+,29-/m0/s1. The van der Waals surface area contributed by atoms with E-state index in [2.05, 4.69) is 9.62 Å². The van der Waals surface area contributed by atoms with Crippen molar-refractivity contribution >= 4 is 21.6 Å². The number of rotatable bonds is 8.